The second-order valence-electron chi connectivity index (χ2n) is 3.84. The second-order valence-corrected chi connectivity index (χ2v) is 3.84. The van der Waals surface area contributed by atoms with Crippen molar-refractivity contribution in [1.82, 2.24) is 10.1 Å². The number of hydrogen-bond donors (Lipinski definition) is 0. The maximum Gasteiger partial charge on any atom is 0.227 e. The minimum absolute atomic E-state index is 0.0163. The van der Waals surface area contributed by atoms with E-state index in [1.54, 1.807) is 0 Å². The molecular weight excluding hydrogens is 242 g/mol. The molecule has 0 bridgehead atoms. The first kappa shape index (κ1) is 12.3. The first-order valence-corrected chi connectivity index (χ1v) is 5.33. The number of carbonyl (C=O) groups is 1. The van der Waals surface area contributed by atoms with E-state index in [4.69, 9.17) is 4.52 Å². The molecule has 1 aromatic heterocycles. The van der Waals surface area contributed by atoms with Crippen molar-refractivity contribution in [3.8, 4) is 11.4 Å². The van der Waals surface area contributed by atoms with Gasteiger partial charge in [-0.1, -0.05) is 5.16 Å². The van der Waals surface area contributed by atoms with Gasteiger partial charge in [0.25, 0.3) is 0 Å². The molecule has 0 unspecified atom stereocenters. The number of carbonyl (C=O) groups excluding carboxylic acids is 1. The molecule has 2 aromatic rings. The van der Waals surface area contributed by atoms with E-state index in [0.29, 0.717) is 24.3 Å². The van der Waals surface area contributed by atoms with Crippen LogP contribution in [0.15, 0.2) is 22.7 Å². The fourth-order valence-electron chi connectivity index (χ4n) is 1.39. The van der Waals surface area contributed by atoms with Crippen LogP contribution in [0.4, 0.5) is 8.78 Å². The Morgan fingerprint density at radius 2 is 2.11 bits per heavy atom. The van der Waals surface area contributed by atoms with Crippen molar-refractivity contribution in [2.24, 2.45) is 0 Å². The summed E-state index contributed by atoms with van der Waals surface area (Å²) >= 11 is 0. The van der Waals surface area contributed by atoms with Crippen LogP contribution >= 0.6 is 0 Å². The van der Waals surface area contributed by atoms with Gasteiger partial charge in [-0.05, 0) is 25.1 Å². The number of Topliss-reactive ketones (excluding diaryl/α,β-unsaturated/α-hetero) is 1. The number of aromatic nitrogens is 2. The minimum Gasteiger partial charge on any atom is -0.339 e. The molecule has 0 fully saturated rings. The molecule has 0 radical (unpaired) electrons. The lowest BCUT2D eigenvalue weighted by Gasteiger charge is -1.95. The van der Waals surface area contributed by atoms with Gasteiger partial charge in [-0.3, -0.25) is 0 Å². The maximum absolute atomic E-state index is 13.0. The highest BCUT2D eigenvalue weighted by molar-refractivity contribution is 5.75. The summed E-state index contributed by atoms with van der Waals surface area (Å²) in [5.41, 5.74) is 0.326. The molecule has 0 saturated carbocycles. The van der Waals surface area contributed by atoms with E-state index < -0.39 is 11.6 Å². The lowest BCUT2D eigenvalue weighted by Crippen LogP contribution is -1.94. The Kier molecular flexibility index (Phi) is 3.45. The predicted molar refractivity (Wildman–Crippen MR) is 58.7 cm³/mol. The Balaban J connectivity index is 2.18. The number of hydrogen-bond acceptors (Lipinski definition) is 4. The molecule has 0 amide bonds. The van der Waals surface area contributed by atoms with Crippen LogP contribution in [-0.4, -0.2) is 15.9 Å². The van der Waals surface area contributed by atoms with E-state index in [0.717, 1.165) is 12.1 Å². The topological polar surface area (TPSA) is 56.0 Å². The third-order valence-electron chi connectivity index (χ3n) is 2.34. The third-order valence-corrected chi connectivity index (χ3v) is 2.34. The molecule has 2 rings (SSSR count). The molecule has 0 atom stereocenters. The van der Waals surface area contributed by atoms with Gasteiger partial charge in [0, 0.05) is 18.4 Å². The smallest absolute Gasteiger partial charge is 0.227 e. The number of aryl methyl sites for hydroxylation is 1. The van der Waals surface area contributed by atoms with Gasteiger partial charge in [0.05, 0.1) is 0 Å². The van der Waals surface area contributed by atoms with Crippen LogP contribution in [0.2, 0.25) is 0 Å². The SMILES string of the molecule is CC(=O)CCc1nc(-c2ccc(F)c(F)c2)no1. The summed E-state index contributed by atoms with van der Waals surface area (Å²) < 4.78 is 30.7. The average molecular weight is 252 g/mol. The summed E-state index contributed by atoms with van der Waals surface area (Å²) in [5.74, 6) is -1.42. The van der Waals surface area contributed by atoms with E-state index in [2.05, 4.69) is 10.1 Å². The highest BCUT2D eigenvalue weighted by Crippen LogP contribution is 2.19. The van der Waals surface area contributed by atoms with Gasteiger partial charge < -0.3 is 9.32 Å². The van der Waals surface area contributed by atoms with Crippen LogP contribution in [0.3, 0.4) is 0 Å². The van der Waals surface area contributed by atoms with Crippen molar-refractivity contribution in [2.75, 3.05) is 0 Å². The number of rotatable bonds is 4. The van der Waals surface area contributed by atoms with Crippen LogP contribution in [0.25, 0.3) is 11.4 Å². The Hall–Kier alpha value is -2.11. The van der Waals surface area contributed by atoms with Crippen LogP contribution in [0.5, 0.6) is 0 Å². The lowest BCUT2D eigenvalue weighted by atomic mass is 10.2. The molecule has 18 heavy (non-hydrogen) atoms. The van der Waals surface area contributed by atoms with Gasteiger partial charge in [0.2, 0.25) is 11.7 Å². The lowest BCUT2D eigenvalue weighted by molar-refractivity contribution is -0.117. The van der Waals surface area contributed by atoms with Crippen LogP contribution < -0.4 is 0 Å². The number of ketones is 1. The molecule has 0 spiro atoms. The van der Waals surface area contributed by atoms with Crippen molar-refractivity contribution in [3.63, 3.8) is 0 Å². The van der Waals surface area contributed by atoms with E-state index >= 15 is 0 Å². The van der Waals surface area contributed by atoms with E-state index in [1.807, 2.05) is 0 Å². The van der Waals surface area contributed by atoms with E-state index in [9.17, 15) is 13.6 Å². The minimum atomic E-state index is -0.970. The molecule has 4 nitrogen and oxygen atoms in total. The van der Waals surface area contributed by atoms with Gasteiger partial charge >= 0.3 is 0 Å². The van der Waals surface area contributed by atoms with Crippen molar-refractivity contribution in [3.05, 3.63) is 35.7 Å². The zero-order valence-corrected chi connectivity index (χ0v) is 9.61. The fourth-order valence-corrected chi connectivity index (χ4v) is 1.39. The van der Waals surface area contributed by atoms with Crippen molar-refractivity contribution < 1.29 is 18.1 Å². The Morgan fingerprint density at radius 1 is 1.33 bits per heavy atom. The molecule has 0 aliphatic carbocycles. The molecule has 0 saturated heterocycles. The number of benzene rings is 1. The molecule has 0 N–H and O–H groups in total. The van der Waals surface area contributed by atoms with Gasteiger partial charge in [-0.15, -0.1) is 0 Å². The van der Waals surface area contributed by atoms with E-state index in [1.165, 1.54) is 13.0 Å². The Labute approximate surface area is 102 Å². The maximum atomic E-state index is 13.0. The molecule has 1 aromatic carbocycles. The highest BCUT2D eigenvalue weighted by Gasteiger charge is 2.11. The standard InChI is InChI=1S/C12H10F2N2O2/c1-7(17)2-5-11-15-12(16-18-11)8-3-4-9(13)10(14)6-8/h3-4,6H,2,5H2,1H3. The van der Waals surface area contributed by atoms with E-state index in [-0.39, 0.29) is 11.6 Å². The second kappa shape index (κ2) is 5.03. The molecule has 94 valence electrons. The third kappa shape index (κ3) is 2.77. The van der Waals surface area contributed by atoms with Crippen LogP contribution in [0, 0.1) is 11.6 Å². The highest BCUT2D eigenvalue weighted by atomic mass is 19.2. The van der Waals surface area contributed by atoms with Crippen LogP contribution in [-0.2, 0) is 11.2 Å². The average Bonchev–Trinajstić information content (AvgIpc) is 2.79. The summed E-state index contributed by atoms with van der Waals surface area (Å²) in [7, 11) is 0. The molecular formula is C12H10F2N2O2. The Bertz CT molecular complexity index is 581. The van der Waals surface area contributed by atoms with Crippen molar-refractivity contribution in [1.29, 1.82) is 0 Å². The summed E-state index contributed by atoms with van der Waals surface area (Å²) in [6, 6.07) is 3.35. The summed E-state index contributed by atoms with van der Waals surface area (Å²) in [6.07, 6.45) is 0.644. The predicted octanol–water partition coefficient (Wildman–Crippen LogP) is 2.54. The number of halogens is 2. The number of nitrogens with zero attached hydrogens (tertiary/aromatic N) is 2. The van der Waals surface area contributed by atoms with Gasteiger partial charge in [0.15, 0.2) is 11.6 Å². The zero-order valence-electron chi connectivity index (χ0n) is 9.61. The quantitative estimate of drug-likeness (QED) is 0.839. The largest absolute Gasteiger partial charge is 0.339 e. The van der Waals surface area contributed by atoms with Crippen molar-refractivity contribution in [2.45, 2.75) is 19.8 Å². The van der Waals surface area contributed by atoms with Crippen molar-refractivity contribution >= 4 is 5.78 Å². The van der Waals surface area contributed by atoms with Gasteiger partial charge in [0.1, 0.15) is 5.78 Å². The Morgan fingerprint density at radius 3 is 2.78 bits per heavy atom. The fraction of sp³-hybridized carbons (Fsp3) is 0.250. The summed E-state index contributed by atoms with van der Waals surface area (Å²) in [6.45, 7) is 1.46. The first-order chi connectivity index (χ1) is 8.56. The summed E-state index contributed by atoms with van der Waals surface area (Å²) in [5, 5.41) is 3.65. The summed E-state index contributed by atoms with van der Waals surface area (Å²) in [4.78, 5) is 14.8. The normalized spacial score (nSPS) is 10.6. The van der Waals surface area contributed by atoms with Gasteiger partial charge in [-0.2, -0.15) is 4.98 Å². The molecule has 0 aliphatic heterocycles. The van der Waals surface area contributed by atoms with Gasteiger partial charge in [-0.25, -0.2) is 8.78 Å². The molecule has 1 heterocycles. The monoisotopic (exact) mass is 252 g/mol. The first-order valence-electron chi connectivity index (χ1n) is 5.33. The zero-order chi connectivity index (χ0) is 13.1. The molecule has 6 heteroatoms. The molecule has 0 aliphatic rings. The van der Waals surface area contributed by atoms with Crippen LogP contribution in [0.1, 0.15) is 19.2 Å².